The maximum atomic E-state index is 9.81. The molecule has 0 fully saturated rings. The molecule has 0 aliphatic carbocycles. The van der Waals surface area contributed by atoms with E-state index in [1.54, 1.807) is 0 Å². The van der Waals surface area contributed by atoms with E-state index in [1.165, 1.54) is 0 Å². The number of halogens is 3. The Morgan fingerprint density at radius 2 is 1.88 bits per heavy atom. The molecule has 0 aromatic rings. The topological polar surface area (TPSA) is 17.1 Å². The monoisotopic (exact) mass is 322 g/mol. The third-order valence-corrected chi connectivity index (χ3v) is 4.97. The first-order valence-electron chi connectivity index (χ1n) is 2.06. The van der Waals surface area contributed by atoms with Crippen molar-refractivity contribution in [3.05, 3.63) is 0 Å². The van der Waals surface area contributed by atoms with E-state index in [2.05, 4.69) is 45.9 Å². The van der Waals surface area contributed by atoms with Crippen LogP contribution in [0.25, 0.3) is 0 Å². The van der Waals surface area contributed by atoms with Crippen LogP contribution in [0.3, 0.4) is 0 Å². The molecule has 0 radical (unpaired) electrons. The lowest BCUT2D eigenvalue weighted by Crippen LogP contribution is -2.04. The van der Waals surface area contributed by atoms with Gasteiger partial charge in [0, 0.05) is 6.42 Å². The summed E-state index contributed by atoms with van der Waals surface area (Å²) in [5.41, 5.74) is 0. The molecule has 0 bridgehead atoms. The fourth-order valence-electron chi connectivity index (χ4n) is 0.223. The Labute approximate surface area is 73.0 Å². The van der Waals surface area contributed by atoms with E-state index in [1.807, 2.05) is 0 Å². The van der Waals surface area contributed by atoms with E-state index in [-0.39, 0.29) is 0 Å². The predicted octanol–water partition coefficient (Wildman–Crippen LogP) is 2.70. The zero-order valence-electron chi connectivity index (χ0n) is 4.03. The van der Waals surface area contributed by atoms with E-state index in [9.17, 15) is 4.79 Å². The van der Waals surface area contributed by atoms with Crippen LogP contribution in [-0.4, -0.2) is 10.2 Å². The molecular weight excluding hydrogens is 320 g/mol. The number of carbonyl (C=O) groups is 1. The summed E-state index contributed by atoms with van der Waals surface area (Å²) in [5.74, 6) is 0. The molecule has 0 unspecified atom stereocenters. The van der Waals surface area contributed by atoms with Crippen molar-refractivity contribution in [2.75, 3.05) is 0 Å². The Kier molecular flexibility index (Phi) is 4.89. The number of rotatable bonds is 3. The lowest BCUT2D eigenvalue weighted by molar-refractivity contribution is -0.107. The van der Waals surface area contributed by atoms with E-state index in [0.717, 1.165) is 12.3 Å². The molecule has 0 atom stereocenters. The lowest BCUT2D eigenvalue weighted by atomic mass is 10.6. The summed E-state index contributed by atoms with van der Waals surface area (Å²) in [6.45, 7) is 0. The largest absolute Gasteiger partial charge is 0.303 e. The van der Waals surface area contributed by atoms with Crippen LogP contribution in [0.4, 0.5) is 0 Å². The van der Waals surface area contributed by atoms with Crippen LogP contribution < -0.4 is 0 Å². The first-order chi connectivity index (χ1) is 3.56. The number of hydrogen-bond donors (Lipinski definition) is 0. The van der Waals surface area contributed by atoms with Crippen molar-refractivity contribution in [2.45, 2.75) is 12.5 Å². The average molecular weight is 325 g/mol. The second-order valence-corrected chi connectivity index (χ2v) is 24.8. The van der Waals surface area contributed by atoms with Gasteiger partial charge in [0.05, 0.1) is 0 Å². The maximum absolute atomic E-state index is 9.81. The molecule has 0 saturated carbocycles. The molecule has 8 heavy (non-hydrogen) atoms. The predicted molar refractivity (Wildman–Crippen MR) is 48.0 cm³/mol. The van der Waals surface area contributed by atoms with Crippen LogP contribution in [0.2, 0.25) is 6.04 Å². The fourth-order valence-corrected chi connectivity index (χ4v) is 2.73. The molecule has 0 aliphatic rings. The van der Waals surface area contributed by atoms with Gasteiger partial charge in [-0.25, -0.2) is 0 Å². The van der Waals surface area contributed by atoms with Crippen LogP contribution in [0.1, 0.15) is 6.42 Å². The van der Waals surface area contributed by atoms with Crippen molar-refractivity contribution in [3.63, 3.8) is 0 Å². The third kappa shape index (κ3) is 7.33. The van der Waals surface area contributed by atoms with Crippen molar-refractivity contribution in [1.29, 1.82) is 0 Å². The van der Waals surface area contributed by atoms with E-state index < -0.39 is 3.93 Å². The summed E-state index contributed by atoms with van der Waals surface area (Å²) in [6.07, 6.45) is 1.54. The van der Waals surface area contributed by atoms with Crippen molar-refractivity contribution >= 4 is 56.1 Å². The van der Waals surface area contributed by atoms with Crippen LogP contribution in [-0.2, 0) is 4.79 Å². The highest BCUT2D eigenvalue weighted by Crippen LogP contribution is 2.32. The minimum absolute atomic E-state index is 0.619. The first kappa shape index (κ1) is 9.33. The zero-order chi connectivity index (χ0) is 6.62. The highest BCUT2D eigenvalue weighted by atomic mass is 80.0. The summed E-state index contributed by atoms with van der Waals surface area (Å²) >= 11 is 10.2. The van der Waals surface area contributed by atoms with Gasteiger partial charge in [0.2, 0.25) is 0 Å². The Morgan fingerprint density at radius 1 is 1.38 bits per heavy atom. The standard InChI is InChI=1S/C3H5Br3OSi/c4-8(5,6)3-1-2-7/h2H,1,3H2. The van der Waals surface area contributed by atoms with Gasteiger partial charge in [-0.05, 0) is 6.04 Å². The van der Waals surface area contributed by atoms with Gasteiger partial charge in [0.25, 0.3) is 3.93 Å². The van der Waals surface area contributed by atoms with Gasteiger partial charge < -0.3 is 4.79 Å². The van der Waals surface area contributed by atoms with E-state index in [0.29, 0.717) is 6.42 Å². The summed E-state index contributed by atoms with van der Waals surface area (Å²) in [4.78, 5) is 9.81. The van der Waals surface area contributed by atoms with Gasteiger partial charge in [-0.2, -0.15) is 0 Å². The van der Waals surface area contributed by atoms with Gasteiger partial charge in [0.15, 0.2) is 0 Å². The average Bonchev–Trinajstić information content (AvgIpc) is 1.59. The second kappa shape index (κ2) is 4.19. The van der Waals surface area contributed by atoms with Crippen LogP contribution in [0.15, 0.2) is 0 Å². The van der Waals surface area contributed by atoms with Crippen molar-refractivity contribution in [1.82, 2.24) is 0 Å². The highest BCUT2D eigenvalue weighted by molar-refractivity contribution is 9.72. The van der Waals surface area contributed by atoms with Gasteiger partial charge in [-0.3, -0.25) is 0 Å². The van der Waals surface area contributed by atoms with E-state index >= 15 is 0 Å². The Bertz CT molecular complexity index is 79.1. The van der Waals surface area contributed by atoms with Crippen LogP contribution in [0.5, 0.6) is 0 Å². The molecular formula is C3H5Br3OSi. The minimum Gasteiger partial charge on any atom is -0.303 e. The normalized spacial score (nSPS) is 11.4. The fraction of sp³-hybridized carbons (Fsp3) is 0.667. The summed E-state index contributed by atoms with van der Waals surface area (Å²) < 4.78 is -1.47. The summed E-state index contributed by atoms with van der Waals surface area (Å²) in [6, 6.07) is 0.885. The molecule has 0 N–H and O–H groups in total. The van der Waals surface area contributed by atoms with Gasteiger partial charge >= 0.3 is 0 Å². The Hall–Kier alpha value is 1.33. The number of carbonyl (C=O) groups excluding carboxylic acids is 1. The molecule has 0 heterocycles. The number of aldehydes is 1. The Morgan fingerprint density at radius 3 is 2.00 bits per heavy atom. The quantitative estimate of drug-likeness (QED) is 0.443. The Balaban J connectivity index is 3.24. The lowest BCUT2D eigenvalue weighted by Gasteiger charge is -2.03. The highest BCUT2D eigenvalue weighted by Gasteiger charge is 2.20. The van der Waals surface area contributed by atoms with Gasteiger partial charge in [-0.15, -0.1) is 0 Å². The van der Waals surface area contributed by atoms with E-state index in [4.69, 9.17) is 0 Å². The smallest absolute Gasteiger partial charge is 0.267 e. The first-order valence-corrected chi connectivity index (χ1v) is 11.0. The van der Waals surface area contributed by atoms with Crippen molar-refractivity contribution < 1.29 is 4.79 Å². The molecule has 48 valence electrons. The SMILES string of the molecule is O=CCC[Si](Br)(Br)Br. The summed E-state index contributed by atoms with van der Waals surface area (Å²) in [5, 5.41) is 0. The van der Waals surface area contributed by atoms with Crippen molar-refractivity contribution in [3.8, 4) is 0 Å². The summed E-state index contributed by atoms with van der Waals surface area (Å²) in [7, 11) is 0. The molecule has 0 aliphatic heterocycles. The molecule has 0 amide bonds. The molecule has 1 nitrogen and oxygen atoms in total. The molecule has 0 spiro atoms. The molecule has 0 saturated heterocycles. The molecule has 0 rings (SSSR count). The maximum Gasteiger partial charge on any atom is 0.267 e. The third-order valence-electron chi connectivity index (χ3n) is 0.546. The zero-order valence-corrected chi connectivity index (χ0v) is 9.79. The minimum atomic E-state index is -1.47. The molecule has 5 heteroatoms. The molecule has 0 aromatic heterocycles. The second-order valence-electron chi connectivity index (χ2n) is 1.32. The van der Waals surface area contributed by atoms with Crippen molar-refractivity contribution in [2.24, 2.45) is 0 Å². The van der Waals surface area contributed by atoms with Gasteiger partial charge in [-0.1, -0.05) is 45.9 Å². The van der Waals surface area contributed by atoms with Crippen LogP contribution >= 0.6 is 45.9 Å². The van der Waals surface area contributed by atoms with Crippen LogP contribution in [0, 0.1) is 0 Å². The molecule has 0 aromatic carbocycles. The number of hydrogen-bond acceptors (Lipinski definition) is 1. The van der Waals surface area contributed by atoms with Gasteiger partial charge in [0.1, 0.15) is 6.29 Å².